The first-order chi connectivity index (χ1) is 14.3. The molecule has 0 saturated heterocycles. The minimum absolute atomic E-state index is 0.265. The van der Waals surface area contributed by atoms with E-state index in [1.54, 1.807) is 0 Å². The Labute approximate surface area is 179 Å². The molecule has 0 N–H and O–H groups in total. The van der Waals surface area contributed by atoms with Gasteiger partial charge in [-0.2, -0.15) is 13.2 Å². The highest BCUT2D eigenvalue weighted by molar-refractivity contribution is 5.28. The van der Waals surface area contributed by atoms with Crippen LogP contribution in [0.15, 0.2) is 54.6 Å². The Morgan fingerprint density at radius 3 is 2.03 bits per heavy atom. The number of aryl methyl sites for hydroxylation is 1. The van der Waals surface area contributed by atoms with Gasteiger partial charge in [0.1, 0.15) is 0 Å². The molecular weight excluding hydrogens is 383 g/mol. The van der Waals surface area contributed by atoms with Crippen molar-refractivity contribution in [2.24, 2.45) is 5.92 Å². The lowest BCUT2D eigenvalue weighted by molar-refractivity contribution is -0.200. The number of rotatable bonds is 9. The Balaban J connectivity index is 1.52. The van der Waals surface area contributed by atoms with Crippen molar-refractivity contribution in [1.29, 1.82) is 0 Å². The predicted octanol–water partition coefficient (Wildman–Crippen LogP) is 7.02. The van der Waals surface area contributed by atoms with Crippen LogP contribution in [0.1, 0.15) is 62.6 Å². The van der Waals surface area contributed by atoms with Gasteiger partial charge in [0.25, 0.3) is 0 Å². The zero-order valence-electron chi connectivity index (χ0n) is 18.3. The summed E-state index contributed by atoms with van der Waals surface area (Å²) in [6.07, 6.45) is -0.131. The van der Waals surface area contributed by atoms with Crippen LogP contribution in [-0.4, -0.2) is 29.7 Å². The molecule has 0 amide bonds. The maximum Gasteiger partial charge on any atom is 0.392 e. The molecule has 0 heterocycles. The van der Waals surface area contributed by atoms with Crippen LogP contribution in [0, 0.1) is 5.92 Å². The molecule has 2 aromatic carbocycles. The second-order valence-electron chi connectivity index (χ2n) is 9.03. The molecule has 0 radical (unpaired) electrons. The van der Waals surface area contributed by atoms with Gasteiger partial charge < -0.3 is 0 Å². The molecule has 1 saturated carbocycles. The van der Waals surface area contributed by atoms with Gasteiger partial charge in [-0.1, -0.05) is 54.6 Å². The van der Waals surface area contributed by atoms with Gasteiger partial charge in [-0.05, 0) is 75.5 Å². The summed E-state index contributed by atoms with van der Waals surface area (Å²) in [5, 5.41) is 0. The smallest absolute Gasteiger partial charge is 0.298 e. The summed E-state index contributed by atoms with van der Waals surface area (Å²) < 4.78 is 39.1. The van der Waals surface area contributed by atoms with Crippen LogP contribution >= 0.6 is 0 Å². The largest absolute Gasteiger partial charge is 0.392 e. The standard InChI is InChI=1S/C26H34F3N/c1-19(2)30(18-17-21-7-5-4-6-8-21)20(3)9-10-22-11-13-23(14-12-22)24-15-16-25(24)26(27,28)29/h4-8,11-14,19-20,24-25H,9-10,15-18H2,1-3H3. The van der Waals surface area contributed by atoms with Gasteiger partial charge in [0.2, 0.25) is 0 Å². The van der Waals surface area contributed by atoms with E-state index in [2.05, 4.69) is 49.9 Å². The van der Waals surface area contributed by atoms with Crippen molar-refractivity contribution in [3.63, 3.8) is 0 Å². The summed E-state index contributed by atoms with van der Waals surface area (Å²) in [6, 6.07) is 19.4. The van der Waals surface area contributed by atoms with Gasteiger partial charge in [0.05, 0.1) is 5.92 Å². The molecule has 1 nitrogen and oxygen atoms in total. The number of alkyl halides is 3. The number of hydrogen-bond donors (Lipinski definition) is 0. The lowest BCUT2D eigenvalue weighted by Gasteiger charge is -2.38. The van der Waals surface area contributed by atoms with Crippen LogP contribution in [-0.2, 0) is 12.8 Å². The van der Waals surface area contributed by atoms with Gasteiger partial charge >= 0.3 is 6.18 Å². The van der Waals surface area contributed by atoms with E-state index in [1.165, 1.54) is 11.1 Å². The molecule has 3 atom stereocenters. The van der Waals surface area contributed by atoms with E-state index in [4.69, 9.17) is 0 Å². The minimum atomic E-state index is -4.07. The molecule has 0 aromatic heterocycles. The Morgan fingerprint density at radius 1 is 0.867 bits per heavy atom. The molecule has 4 heteroatoms. The van der Waals surface area contributed by atoms with E-state index in [-0.39, 0.29) is 12.3 Å². The Hall–Kier alpha value is -1.81. The van der Waals surface area contributed by atoms with Crippen molar-refractivity contribution in [3.05, 3.63) is 71.3 Å². The minimum Gasteiger partial charge on any atom is -0.298 e. The average Bonchev–Trinajstić information content (AvgIpc) is 2.66. The molecule has 0 bridgehead atoms. The number of hydrogen-bond acceptors (Lipinski definition) is 1. The number of benzene rings is 2. The lowest BCUT2D eigenvalue weighted by atomic mass is 9.69. The first-order valence-electron chi connectivity index (χ1n) is 11.2. The van der Waals surface area contributed by atoms with Crippen LogP contribution < -0.4 is 0 Å². The average molecular weight is 418 g/mol. The normalized spacial score (nSPS) is 20.4. The maximum atomic E-state index is 13.0. The van der Waals surface area contributed by atoms with Crippen LogP contribution in [0.4, 0.5) is 13.2 Å². The molecule has 164 valence electrons. The van der Waals surface area contributed by atoms with Crippen molar-refractivity contribution in [1.82, 2.24) is 4.90 Å². The van der Waals surface area contributed by atoms with Crippen molar-refractivity contribution in [2.75, 3.05) is 6.54 Å². The topological polar surface area (TPSA) is 3.24 Å². The molecule has 3 rings (SSSR count). The zero-order chi connectivity index (χ0) is 21.7. The van der Waals surface area contributed by atoms with Crippen molar-refractivity contribution in [2.45, 2.75) is 77.1 Å². The first-order valence-corrected chi connectivity index (χ1v) is 11.2. The Morgan fingerprint density at radius 2 is 1.50 bits per heavy atom. The summed E-state index contributed by atoms with van der Waals surface area (Å²) in [4.78, 5) is 2.55. The Kier molecular flexibility index (Phi) is 7.62. The molecule has 1 aliphatic carbocycles. The van der Waals surface area contributed by atoms with E-state index in [0.29, 0.717) is 18.5 Å². The third-order valence-corrected chi connectivity index (χ3v) is 6.68. The number of nitrogens with zero attached hydrogens (tertiary/aromatic N) is 1. The molecule has 1 aliphatic rings. The van der Waals surface area contributed by atoms with Crippen molar-refractivity contribution >= 4 is 0 Å². The van der Waals surface area contributed by atoms with E-state index in [0.717, 1.165) is 31.4 Å². The van der Waals surface area contributed by atoms with E-state index in [1.807, 2.05) is 30.3 Å². The maximum absolute atomic E-state index is 13.0. The van der Waals surface area contributed by atoms with Gasteiger partial charge in [-0.3, -0.25) is 4.90 Å². The van der Waals surface area contributed by atoms with Crippen LogP contribution in [0.3, 0.4) is 0 Å². The molecule has 0 spiro atoms. The summed E-state index contributed by atoms with van der Waals surface area (Å²) >= 11 is 0. The van der Waals surface area contributed by atoms with E-state index >= 15 is 0 Å². The van der Waals surface area contributed by atoms with Crippen molar-refractivity contribution < 1.29 is 13.2 Å². The van der Waals surface area contributed by atoms with Gasteiger partial charge in [0, 0.05) is 18.6 Å². The van der Waals surface area contributed by atoms with Gasteiger partial charge in [-0.25, -0.2) is 0 Å². The van der Waals surface area contributed by atoms with Gasteiger partial charge in [0.15, 0.2) is 0 Å². The highest BCUT2D eigenvalue weighted by atomic mass is 19.4. The van der Waals surface area contributed by atoms with Gasteiger partial charge in [-0.15, -0.1) is 0 Å². The Bertz CT molecular complexity index is 767. The summed E-state index contributed by atoms with van der Waals surface area (Å²) in [6.45, 7) is 7.79. The second-order valence-corrected chi connectivity index (χ2v) is 9.03. The molecule has 3 unspecified atom stereocenters. The van der Waals surface area contributed by atoms with E-state index in [9.17, 15) is 13.2 Å². The van der Waals surface area contributed by atoms with Crippen molar-refractivity contribution in [3.8, 4) is 0 Å². The van der Waals surface area contributed by atoms with E-state index < -0.39 is 12.1 Å². The third kappa shape index (κ3) is 5.87. The monoisotopic (exact) mass is 417 g/mol. The predicted molar refractivity (Wildman–Crippen MR) is 118 cm³/mol. The molecule has 2 aromatic rings. The quantitative estimate of drug-likeness (QED) is 0.424. The summed E-state index contributed by atoms with van der Waals surface area (Å²) in [5.74, 6) is -1.51. The fraction of sp³-hybridized carbons (Fsp3) is 0.538. The first kappa shape index (κ1) is 22.9. The third-order valence-electron chi connectivity index (χ3n) is 6.68. The lowest BCUT2D eigenvalue weighted by Crippen LogP contribution is -2.40. The fourth-order valence-corrected chi connectivity index (χ4v) is 4.65. The fourth-order valence-electron chi connectivity index (χ4n) is 4.65. The molecule has 0 aliphatic heterocycles. The van der Waals surface area contributed by atoms with Crippen LogP contribution in [0.2, 0.25) is 0 Å². The highest BCUT2D eigenvalue weighted by Gasteiger charge is 2.50. The van der Waals surface area contributed by atoms with Crippen LogP contribution in [0.25, 0.3) is 0 Å². The SMILES string of the molecule is CC(C)N(CCc1ccccc1)C(C)CCc1ccc(C2CCC2C(F)(F)F)cc1. The van der Waals surface area contributed by atoms with Crippen LogP contribution in [0.5, 0.6) is 0 Å². The summed E-state index contributed by atoms with van der Waals surface area (Å²) in [7, 11) is 0. The molecular formula is C26H34F3N. The number of halogens is 3. The molecule has 1 fully saturated rings. The molecule has 30 heavy (non-hydrogen) atoms. The summed E-state index contributed by atoms with van der Waals surface area (Å²) in [5.41, 5.74) is 3.41. The second kappa shape index (κ2) is 10.00. The zero-order valence-corrected chi connectivity index (χ0v) is 18.3. The highest BCUT2D eigenvalue weighted by Crippen LogP contribution is 2.50.